The van der Waals surface area contributed by atoms with Crippen LogP contribution >= 0.6 is 0 Å². The minimum atomic E-state index is -4.89. The van der Waals surface area contributed by atoms with Crippen LogP contribution in [0.25, 0.3) is 5.57 Å². The van der Waals surface area contributed by atoms with E-state index in [1.165, 1.54) is 57.4 Å². The van der Waals surface area contributed by atoms with Crippen LogP contribution in [0.1, 0.15) is 83.6 Å². The summed E-state index contributed by atoms with van der Waals surface area (Å²) < 4.78 is 54.6. The summed E-state index contributed by atoms with van der Waals surface area (Å²) in [5, 5.41) is 0. The van der Waals surface area contributed by atoms with E-state index in [9.17, 15) is 17.6 Å². The summed E-state index contributed by atoms with van der Waals surface area (Å²) in [6.07, 6.45) is 10.4. The third-order valence-corrected chi connectivity index (χ3v) is 7.17. The van der Waals surface area contributed by atoms with Crippen LogP contribution in [-0.4, -0.2) is 6.36 Å². The van der Waals surface area contributed by atoms with Gasteiger partial charge in [0, 0.05) is 0 Å². The molecule has 0 saturated heterocycles. The van der Waals surface area contributed by atoms with Gasteiger partial charge in [0.25, 0.3) is 0 Å². The van der Waals surface area contributed by atoms with Crippen molar-refractivity contribution in [2.45, 2.75) is 84.4 Å². The monoisotopic (exact) mass is 426 g/mol. The molecule has 2 saturated carbocycles. The Morgan fingerprint density at radius 1 is 1.00 bits per heavy atom. The van der Waals surface area contributed by atoms with E-state index in [0.717, 1.165) is 48.3 Å². The van der Waals surface area contributed by atoms with E-state index in [0.29, 0.717) is 11.5 Å². The predicted octanol–water partition coefficient (Wildman–Crippen LogP) is 8.54. The van der Waals surface area contributed by atoms with E-state index < -0.39 is 17.9 Å². The van der Waals surface area contributed by atoms with Crippen LogP contribution < -0.4 is 4.74 Å². The van der Waals surface area contributed by atoms with E-state index in [-0.39, 0.29) is 0 Å². The first kappa shape index (κ1) is 23.1. The molecule has 168 valence electrons. The number of rotatable bonds is 6. The average molecular weight is 427 g/mol. The lowest BCUT2D eigenvalue weighted by atomic mass is 9.68. The molecule has 0 atom stereocenters. The molecule has 0 unspecified atom stereocenters. The third-order valence-electron chi connectivity index (χ3n) is 7.17. The molecule has 0 radical (unpaired) electrons. The second-order valence-electron chi connectivity index (χ2n) is 9.29. The fraction of sp³-hybridized carbons (Fsp3) is 0.680. The van der Waals surface area contributed by atoms with Crippen molar-refractivity contribution in [3.05, 3.63) is 35.7 Å². The topological polar surface area (TPSA) is 9.23 Å². The van der Waals surface area contributed by atoms with E-state index in [2.05, 4.69) is 17.7 Å². The first-order chi connectivity index (χ1) is 14.2. The minimum absolute atomic E-state index is 0.465. The Labute approximate surface area is 177 Å². The molecule has 3 rings (SSSR count). The second-order valence-corrected chi connectivity index (χ2v) is 9.29. The van der Waals surface area contributed by atoms with Gasteiger partial charge >= 0.3 is 6.36 Å². The first-order valence-corrected chi connectivity index (χ1v) is 11.5. The van der Waals surface area contributed by atoms with Gasteiger partial charge in [-0.25, -0.2) is 4.39 Å². The van der Waals surface area contributed by atoms with E-state index >= 15 is 0 Å². The molecule has 0 spiro atoms. The maximum atomic E-state index is 14.0. The van der Waals surface area contributed by atoms with Crippen molar-refractivity contribution in [3.8, 4) is 5.75 Å². The number of allylic oxidation sites excluding steroid dienone is 2. The average Bonchev–Trinajstić information content (AvgIpc) is 2.70. The first-order valence-electron chi connectivity index (χ1n) is 11.5. The lowest BCUT2D eigenvalue weighted by Crippen LogP contribution is -2.25. The highest BCUT2D eigenvalue weighted by Crippen LogP contribution is 2.43. The summed E-state index contributed by atoms with van der Waals surface area (Å²) in [4.78, 5) is 0. The minimum Gasteiger partial charge on any atom is -0.403 e. The third kappa shape index (κ3) is 6.49. The van der Waals surface area contributed by atoms with Gasteiger partial charge in [-0.15, -0.1) is 13.2 Å². The second kappa shape index (κ2) is 10.2. The van der Waals surface area contributed by atoms with Gasteiger partial charge in [0.05, 0.1) is 0 Å². The Kier molecular flexibility index (Phi) is 7.86. The number of hydrogen-bond donors (Lipinski definition) is 0. The van der Waals surface area contributed by atoms with Crippen LogP contribution in [0.15, 0.2) is 24.3 Å². The molecule has 0 aromatic heterocycles. The summed E-state index contributed by atoms with van der Waals surface area (Å²) in [5.41, 5.74) is 1.52. The standard InChI is InChI=1S/C25H34F4O/c1-3-4-18-5-9-20(10-6-18)21-11-7-19(8-12-21)15-17(2)22-13-14-24(23(26)16-22)30-25(27,28)29/h13-16,18-21H,3-12H2,1-2H3. The van der Waals surface area contributed by atoms with Gasteiger partial charge in [-0.2, -0.15) is 0 Å². The van der Waals surface area contributed by atoms with Gasteiger partial charge in [-0.3, -0.25) is 0 Å². The SMILES string of the molecule is CCCC1CCC(C2CCC(C=C(C)c3ccc(OC(F)(F)F)c(F)c3)CC2)CC1. The quantitative estimate of drug-likeness (QED) is 0.414. The molecule has 0 heterocycles. The summed E-state index contributed by atoms with van der Waals surface area (Å²) in [5.74, 6) is 1.37. The van der Waals surface area contributed by atoms with Crippen molar-refractivity contribution < 1.29 is 22.3 Å². The molecule has 2 aliphatic rings. The molecule has 2 fully saturated rings. The molecular weight excluding hydrogens is 392 g/mol. The molecule has 0 amide bonds. The van der Waals surface area contributed by atoms with Crippen LogP contribution in [0.3, 0.4) is 0 Å². The molecule has 2 aliphatic carbocycles. The molecule has 0 bridgehead atoms. The van der Waals surface area contributed by atoms with Gasteiger partial charge < -0.3 is 4.74 Å². The van der Waals surface area contributed by atoms with Crippen LogP contribution in [0, 0.1) is 29.5 Å². The number of benzene rings is 1. The summed E-state index contributed by atoms with van der Waals surface area (Å²) in [6, 6.07) is 3.69. The Balaban J connectivity index is 1.52. The summed E-state index contributed by atoms with van der Waals surface area (Å²) in [6.45, 7) is 4.18. The van der Waals surface area contributed by atoms with Crippen molar-refractivity contribution in [1.82, 2.24) is 0 Å². The van der Waals surface area contributed by atoms with Crippen molar-refractivity contribution in [1.29, 1.82) is 0 Å². The van der Waals surface area contributed by atoms with Crippen molar-refractivity contribution >= 4 is 5.57 Å². The number of hydrogen-bond acceptors (Lipinski definition) is 1. The zero-order chi connectivity index (χ0) is 21.7. The smallest absolute Gasteiger partial charge is 0.403 e. The van der Waals surface area contributed by atoms with Crippen LogP contribution in [0.4, 0.5) is 17.6 Å². The van der Waals surface area contributed by atoms with Crippen LogP contribution in [0.2, 0.25) is 0 Å². The molecule has 30 heavy (non-hydrogen) atoms. The lowest BCUT2D eigenvalue weighted by molar-refractivity contribution is -0.275. The molecule has 5 heteroatoms. The lowest BCUT2D eigenvalue weighted by Gasteiger charge is -2.37. The number of ether oxygens (including phenoxy) is 1. The van der Waals surface area contributed by atoms with Gasteiger partial charge in [0.1, 0.15) is 0 Å². The zero-order valence-electron chi connectivity index (χ0n) is 18.1. The fourth-order valence-corrected chi connectivity index (χ4v) is 5.54. The Morgan fingerprint density at radius 3 is 2.13 bits per heavy atom. The van der Waals surface area contributed by atoms with Crippen LogP contribution in [-0.2, 0) is 0 Å². The fourth-order valence-electron chi connectivity index (χ4n) is 5.54. The molecule has 1 aromatic carbocycles. The maximum Gasteiger partial charge on any atom is 0.573 e. The molecule has 1 nitrogen and oxygen atoms in total. The number of alkyl halides is 3. The van der Waals surface area contributed by atoms with Crippen LogP contribution in [0.5, 0.6) is 5.75 Å². The van der Waals surface area contributed by atoms with E-state index in [4.69, 9.17) is 0 Å². The van der Waals surface area contributed by atoms with Gasteiger partial charge in [-0.1, -0.05) is 44.7 Å². The maximum absolute atomic E-state index is 14.0. The highest BCUT2D eigenvalue weighted by atomic mass is 19.4. The van der Waals surface area contributed by atoms with Gasteiger partial charge in [-0.05, 0) is 92.4 Å². The Hall–Kier alpha value is -1.52. The number of halogens is 4. The highest BCUT2D eigenvalue weighted by molar-refractivity contribution is 5.64. The van der Waals surface area contributed by atoms with Crippen molar-refractivity contribution in [2.24, 2.45) is 23.7 Å². The normalized spacial score (nSPS) is 28.4. The highest BCUT2D eigenvalue weighted by Gasteiger charge is 2.33. The largest absolute Gasteiger partial charge is 0.573 e. The van der Waals surface area contributed by atoms with E-state index in [1.807, 2.05) is 6.92 Å². The predicted molar refractivity (Wildman–Crippen MR) is 113 cm³/mol. The summed E-state index contributed by atoms with van der Waals surface area (Å²) in [7, 11) is 0. The van der Waals surface area contributed by atoms with Crippen molar-refractivity contribution in [3.63, 3.8) is 0 Å². The van der Waals surface area contributed by atoms with Gasteiger partial charge in [0.15, 0.2) is 11.6 Å². The Bertz CT molecular complexity index is 708. The molecule has 1 aromatic rings. The van der Waals surface area contributed by atoms with Crippen molar-refractivity contribution in [2.75, 3.05) is 0 Å². The Morgan fingerprint density at radius 2 is 1.60 bits per heavy atom. The molecule has 0 aliphatic heterocycles. The van der Waals surface area contributed by atoms with E-state index in [1.54, 1.807) is 0 Å². The summed E-state index contributed by atoms with van der Waals surface area (Å²) >= 11 is 0. The molecule has 0 N–H and O–H groups in total. The van der Waals surface area contributed by atoms with Gasteiger partial charge in [0.2, 0.25) is 0 Å². The zero-order valence-corrected chi connectivity index (χ0v) is 18.1. The molecular formula is C25H34F4O.